The van der Waals surface area contributed by atoms with Gasteiger partial charge in [0.25, 0.3) is 0 Å². The molecule has 0 heterocycles. The smallest absolute Gasteiger partial charge is 0.130 e. The lowest BCUT2D eigenvalue weighted by molar-refractivity contribution is 0.257. The van der Waals surface area contributed by atoms with E-state index < -0.39 is 11.6 Å². The molecule has 0 bridgehead atoms. The number of aliphatic hydroxyl groups is 1. The van der Waals surface area contributed by atoms with Gasteiger partial charge in [-0.15, -0.1) is 0 Å². The van der Waals surface area contributed by atoms with Gasteiger partial charge in [0.05, 0.1) is 6.61 Å². The summed E-state index contributed by atoms with van der Waals surface area (Å²) in [6, 6.07) is 7.88. The summed E-state index contributed by atoms with van der Waals surface area (Å²) in [5.41, 5.74) is 0.600. The molecule has 2 rings (SSSR count). The Kier molecular flexibility index (Phi) is 4.35. The quantitative estimate of drug-likeness (QED) is 0.928. The zero-order valence-electron chi connectivity index (χ0n) is 9.87. The number of aliphatic hydroxyl groups excluding tert-OH is 1. The van der Waals surface area contributed by atoms with Crippen molar-refractivity contribution >= 4 is 11.6 Å². The fourth-order valence-electron chi connectivity index (χ4n) is 1.62. The van der Waals surface area contributed by atoms with E-state index >= 15 is 0 Å². The number of ether oxygens (including phenoxy) is 1. The Morgan fingerprint density at radius 2 is 1.84 bits per heavy atom. The van der Waals surface area contributed by atoms with Gasteiger partial charge in [-0.3, -0.25) is 0 Å². The fourth-order valence-corrected chi connectivity index (χ4v) is 1.82. The summed E-state index contributed by atoms with van der Waals surface area (Å²) in [5.74, 6) is -0.685. The average Bonchev–Trinajstić information content (AvgIpc) is 2.40. The van der Waals surface area contributed by atoms with E-state index in [9.17, 15) is 8.78 Å². The molecule has 2 aromatic rings. The summed E-state index contributed by atoms with van der Waals surface area (Å²) in [4.78, 5) is 0. The number of benzene rings is 2. The minimum atomic E-state index is -0.541. The molecule has 0 unspecified atom stereocenters. The maximum atomic E-state index is 13.4. The average molecular weight is 285 g/mol. The summed E-state index contributed by atoms with van der Waals surface area (Å²) in [7, 11) is 0. The van der Waals surface area contributed by atoms with E-state index in [0.717, 1.165) is 18.2 Å². The summed E-state index contributed by atoms with van der Waals surface area (Å²) in [6.45, 7) is -0.375. The Morgan fingerprint density at radius 1 is 1.05 bits per heavy atom. The van der Waals surface area contributed by atoms with Gasteiger partial charge in [-0.2, -0.15) is 0 Å². The standard InChI is InChI=1S/C14H11ClF2O2/c15-11-1-4-14(9(5-11)7-18)19-8-10-6-12(16)2-3-13(10)17/h1-6,18H,7-8H2. The first-order chi connectivity index (χ1) is 9.10. The Morgan fingerprint density at radius 3 is 2.58 bits per heavy atom. The van der Waals surface area contributed by atoms with Gasteiger partial charge in [0.2, 0.25) is 0 Å². The lowest BCUT2D eigenvalue weighted by atomic mass is 10.2. The summed E-state index contributed by atoms with van der Waals surface area (Å²) >= 11 is 5.78. The molecule has 0 saturated carbocycles. The van der Waals surface area contributed by atoms with Crippen LogP contribution in [0, 0.1) is 11.6 Å². The highest BCUT2D eigenvalue weighted by Crippen LogP contribution is 2.24. The third kappa shape index (κ3) is 3.43. The second kappa shape index (κ2) is 5.99. The molecule has 0 amide bonds. The molecule has 0 aromatic heterocycles. The highest BCUT2D eigenvalue weighted by molar-refractivity contribution is 6.30. The van der Waals surface area contributed by atoms with Gasteiger partial charge in [-0.25, -0.2) is 8.78 Å². The molecule has 0 fully saturated rings. The molecule has 0 aliphatic rings. The van der Waals surface area contributed by atoms with Crippen molar-refractivity contribution in [2.45, 2.75) is 13.2 Å². The topological polar surface area (TPSA) is 29.5 Å². The zero-order valence-corrected chi connectivity index (χ0v) is 10.6. The number of hydrogen-bond donors (Lipinski definition) is 1. The second-order valence-electron chi connectivity index (χ2n) is 3.93. The van der Waals surface area contributed by atoms with Crippen molar-refractivity contribution in [3.05, 3.63) is 64.2 Å². The van der Waals surface area contributed by atoms with Crippen LogP contribution in [0.2, 0.25) is 5.02 Å². The minimum Gasteiger partial charge on any atom is -0.488 e. The van der Waals surface area contributed by atoms with Crippen molar-refractivity contribution < 1.29 is 18.6 Å². The number of halogens is 3. The Bertz CT molecular complexity index is 588. The monoisotopic (exact) mass is 284 g/mol. The lowest BCUT2D eigenvalue weighted by Gasteiger charge is -2.11. The third-order valence-corrected chi connectivity index (χ3v) is 2.82. The first-order valence-electron chi connectivity index (χ1n) is 5.56. The molecular weight excluding hydrogens is 274 g/mol. The van der Waals surface area contributed by atoms with Crippen LogP contribution in [0.5, 0.6) is 5.75 Å². The predicted octanol–water partition coefficient (Wildman–Crippen LogP) is 3.69. The van der Waals surface area contributed by atoms with Crippen LogP contribution in [-0.4, -0.2) is 5.11 Å². The van der Waals surface area contributed by atoms with Crippen molar-refractivity contribution in [1.29, 1.82) is 0 Å². The molecule has 2 nitrogen and oxygen atoms in total. The van der Waals surface area contributed by atoms with E-state index in [-0.39, 0.29) is 18.8 Å². The highest BCUT2D eigenvalue weighted by atomic mass is 35.5. The molecule has 2 aromatic carbocycles. The van der Waals surface area contributed by atoms with Crippen molar-refractivity contribution in [3.63, 3.8) is 0 Å². The van der Waals surface area contributed by atoms with Gasteiger partial charge in [0, 0.05) is 16.1 Å². The second-order valence-corrected chi connectivity index (χ2v) is 4.37. The van der Waals surface area contributed by atoms with Gasteiger partial charge in [-0.1, -0.05) is 11.6 Å². The van der Waals surface area contributed by atoms with Gasteiger partial charge in [0.1, 0.15) is 24.0 Å². The maximum Gasteiger partial charge on any atom is 0.130 e. The van der Waals surface area contributed by atoms with Crippen molar-refractivity contribution in [3.8, 4) is 5.75 Å². The zero-order chi connectivity index (χ0) is 13.8. The normalized spacial score (nSPS) is 10.5. The lowest BCUT2D eigenvalue weighted by Crippen LogP contribution is -2.01. The van der Waals surface area contributed by atoms with Crippen LogP contribution in [0.25, 0.3) is 0 Å². The van der Waals surface area contributed by atoms with Crippen LogP contribution in [-0.2, 0) is 13.2 Å². The molecule has 100 valence electrons. The Hall–Kier alpha value is -1.65. The molecule has 0 aliphatic heterocycles. The Balaban J connectivity index is 2.16. The fraction of sp³-hybridized carbons (Fsp3) is 0.143. The summed E-state index contributed by atoms with van der Waals surface area (Å²) in [5, 5.41) is 9.63. The Labute approximate surface area is 114 Å². The van der Waals surface area contributed by atoms with Gasteiger partial charge in [-0.05, 0) is 36.4 Å². The van der Waals surface area contributed by atoms with Crippen LogP contribution >= 0.6 is 11.6 Å². The molecule has 1 N–H and O–H groups in total. The van der Waals surface area contributed by atoms with E-state index in [1.54, 1.807) is 18.2 Å². The predicted molar refractivity (Wildman–Crippen MR) is 68.1 cm³/mol. The minimum absolute atomic E-state index is 0.110. The molecule has 5 heteroatoms. The van der Waals surface area contributed by atoms with Crippen molar-refractivity contribution in [2.24, 2.45) is 0 Å². The van der Waals surface area contributed by atoms with Crippen LogP contribution < -0.4 is 4.74 Å². The van der Waals surface area contributed by atoms with Crippen LogP contribution in [0.3, 0.4) is 0 Å². The molecule has 0 aliphatic carbocycles. The summed E-state index contributed by atoms with van der Waals surface area (Å²) < 4.78 is 31.8. The van der Waals surface area contributed by atoms with Crippen molar-refractivity contribution in [2.75, 3.05) is 0 Å². The SMILES string of the molecule is OCc1cc(Cl)ccc1OCc1cc(F)ccc1F. The van der Waals surface area contributed by atoms with Gasteiger partial charge in [0.15, 0.2) is 0 Å². The van der Waals surface area contributed by atoms with Crippen molar-refractivity contribution in [1.82, 2.24) is 0 Å². The van der Waals surface area contributed by atoms with Gasteiger partial charge >= 0.3 is 0 Å². The van der Waals surface area contributed by atoms with Crippen LogP contribution in [0.15, 0.2) is 36.4 Å². The maximum absolute atomic E-state index is 13.4. The molecule has 0 saturated heterocycles. The first kappa shape index (κ1) is 13.8. The molecule has 0 radical (unpaired) electrons. The van der Waals surface area contributed by atoms with E-state index in [1.807, 2.05) is 0 Å². The molecule has 19 heavy (non-hydrogen) atoms. The summed E-state index contributed by atoms with van der Waals surface area (Å²) in [6.07, 6.45) is 0. The van der Waals surface area contributed by atoms with Crippen LogP contribution in [0.4, 0.5) is 8.78 Å². The first-order valence-corrected chi connectivity index (χ1v) is 5.94. The molecular formula is C14H11ClF2O2. The van der Waals surface area contributed by atoms with Crippen LogP contribution in [0.1, 0.15) is 11.1 Å². The van der Waals surface area contributed by atoms with Gasteiger partial charge < -0.3 is 9.84 Å². The largest absolute Gasteiger partial charge is 0.488 e. The molecule has 0 atom stereocenters. The number of rotatable bonds is 4. The molecule has 0 spiro atoms. The van der Waals surface area contributed by atoms with E-state index in [2.05, 4.69) is 0 Å². The van der Waals surface area contributed by atoms with E-state index in [1.165, 1.54) is 0 Å². The highest BCUT2D eigenvalue weighted by Gasteiger charge is 2.08. The van der Waals surface area contributed by atoms with E-state index in [4.69, 9.17) is 21.4 Å². The number of hydrogen-bond acceptors (Lipinski definition) is 2. The third-order valence-electron chi connectivity index (χ3n) is 2.58. The van der Waals surface area contributed by atoms with E-state index in [0.29, 0.717) is 16.3 Å².